The third-order valence-corrected chi connectivity index (χ3v) is 4.13. The summed E-state index contributed by atoms with van der Waals surface area (Å²) in [4.78, 5) is 0. The van der Waals surface area contributed by atoms with Crippen molar-refractivity contribution in [2.24, 2.45) is 11.8 Å². The zero-order valence-corrected chi connectivity index (χ0v) is 9.99. The molecule has 16 heavy (non-hydrogen) atoms. The van der Waals surface area contributed by atoms with Gasteiger partial charge in [-0.05, 0) is 55.7 Å². The third kappa shape index (κ3) is 2.09. The lowest BCUT2D eigenvalue weighted by Gasteiger charge is -2.28. The van der Waals surface area contributed by atoms with Crippen LogP contribution in [0, 0.1) is 18.8 Å². The number of benzene rings is 1. The Labute approximate surface area is 97.8 Å². The fraction of sp³-hybridized carbons (Fsp3) is 0.600. The third-order valence-electron chi connectivity index (χ3n) is 4.13. The summed E-state index contributed by atoms with van der Waals surface area (Å²) in [5.74, 6) is 2.97. The van der Waals surface area contributed by atoms with E-state index in [2.05, 4.69) is 31.2 Å². The Morgan fingerprint density at radius 3 is 2.50 bits per heavy atom. The molecule has 0 aliphatic heterocycles. The summed E-state index contributed by atoms with van der Waals surface area (Å²) < 4.78 is 6.12. The highest BCUT2D eigenvalue weighted by Crippen LogP contribution is 2.43. The minimum Gasteiger partial charge on any atom is -0.490 e. The molecule has 2 fully saturated rings. The van der Waals surface area contributed by atoms with Crippen LogP contribution in [0.2, 0.25) is 0 Å². The molecule has 2 aliphatic carbocycles. The van der Waals surface area contributed by atoms with Crippen LogP contribution in [0.4, 0.5) is 0 Å². The monoisotopic (exact) mass is 216 g/mol. The molecule has 86 valence electrons. The molecular weight excluding hydrogens is 196 g/mol. The van der Waals surface area contributed by atoms with Crippen molar-refractivity contribution in [1.29, 1.82) is 0 Å². The van der Waals surface area contributed by atoms with E-state index in [4.69, 9.17) is 4.74 Å². The average Bonchev–Trinajstić information content (AvgIpc) is 2.58. The predicted octanol–water partition coefficient (Wildman–Crippen LogP) is 3.95. The summed E-state index contributed by atoms with van der Waals surface area (Å²) in [5.41, 5.74) is 1.29. The molecule has 2 bridgehead atoms. The minimum atomic E-state index is 0.480. The fourth-order valence-corrected chi connectivity index (χ4v) is 3.42. The van der Waals surface area contributed by atoms with Crippen LogP contribution in [-0.4, -0.2) is 6.10 Å². The van der Waals surface area contributed by atoms with E-state index >= 15 is 0 Å². The Bertz CT molecular complexity index is 359. The van der Waals surface area contributed by atoms with Gasteiger partial charge >= 0.3 is 0 Å². The second-order valence-corrected chi connectivity index (χ2v) is 5.57. The Morgan fingerprint density at radius 2 is 1.81 bits per heavy atom. The van der Waals surface area contributed by atoms with E-state index in [9.17, 15) is 0 Å². The van der Waals surface area contributed by atoms with Gasteiger partial charge in [0.05, 0.1) is 6.10 Å². The molecule has 0 heterocycles. The zero-order valence-electron chi connectivity index (χ0n) is 9.99. The molecule has 2 aliphatic rings. The molecule has 0 radical (unpaired) electrons. The van der Waals surface area contributed by atoms with Crippen molar-refractivity contribution < 1.29 is 4.74 Å². The molecule has 1 unspecified atom stereocenters. The van der Waals surface area contributed by atoms with E-state index in [-0.39, 0.29) is 0 Å². The number of fused-ring (bicyclic) bond motifs is 2. The number of hydrogen-bond donors (Lipinski definition) is 0. The van der Waals surface area contributed by atoms with Crippen LogP contribution < -0.4 is 4.74 Å². The smallest absolute Gasteiger partial charge is 0.119 e. The highest BCUT2D eigenvalue weighted by molar-refractivity contribution is 5.27. The fourth-order valence-electron chi connectivity index (χ4n) is 3.42. The second-order valence-electron chi connectivity index (χ2n) is 5.57. The zero-order chi connectivity index (χ0) is 11.0. The summed E-state index contributed by atoms with van der Waals surface area (Å²) >= 11 is 0. The van der Waals surface area contributed by atoms with Gasteiger partial charge in [0, 0.05) is 0 Å². The van der Waals surface area contributed by atoms with Gasteiger partial charge in [-0.25, -0.2) is 0 Å². The van der Waals surface area contributed by atoms with Crippen LogP contribution in [0.1, 0.15) is 37.7 Å². The van der Waals surface area contributed by atoms with Crippen molar-refractivity contribution in [1.82, 2.24) is 0 Å². The molecule has 1 heteroatoms. The van der Waals surface area contributed by atoms with Gasteiger partial charge in [-0.3, -0.25) is 0 Å². The van der Waals surface area contributed by atoms with Crippen LogP contribution in [-0.2, 0) is 0 Å². The average molecular weight is 216 g/mol. The van der Waals surface area contributed by atoms with Crippen molar-refractivity contribution in [3.63, 3.8) is 0 Å². The Morgan fingerprint density at radius 1 is 1.06 bits per heavy atom. The normalized spacial score (nSPS) is 32.7. The standard InChI is InChI=1S/C15H20O/c1-11-3-2-4-14(7-11)16-15-9-12-5-6-13(8-12)10-15/h2-4,7,12-13,15H,5-6,8-10H2,1H3/t12-,13+,15?. The highest BCUT2D eigenvalue weighted by Gasteiger charge is 2.34. The molecule has 0 amide bonds. The van der Waals surface area contributed by atoms with Gasteiger partial charge in [0.2, 0.25) is 0 Å². The number of aryl methyl sites for hydroxylation is 1. The largest absolute Gasteiger partial charge is 0.490 e. The van der Waals surface area contributed by atoms with Crippen LogP contribution in [0.15, 0.2) is 24.3 Å². The maximum Gasteiger partial charge on any atom is 0.119 e. The van der Waals surface area contributed by atoms with Gasteiger partial charge in [-0.1, -0.05) is 25.0 Å². The maximum absolute atomic E-state index is 6.12. The number of hydrogen-bond acceptors (Lipinski definition) is 1. The predicted molar refractivity (Wildman–Crippen MR) is 65.7 cm³/mol. The lowest BCUT2D eigenvalue weighted by Crippen LogP contribution is -2.26. The second kappa shape index (κ2) is 4.12. The Kier molecular flexibility index (Phi) is 2.62. The van der Waals surface area contributed by atoms with E-state index < -0.39 is 0 Å². The molecule has 0 aromatic heterocycles. The minimum absolute atomic E-state index is 0.480. The Hall–Kier alpha value is -0.980. The summed E-state index contributed by atoms with van der Waals surface area (Å²) in [6.07, 6.45) is 7.40. The molecule has 3 rings (SSSR count). The molecule has 1 aromatic rings. The highest BCUT2D eigenvalue weighted by atomic mass is 16.5. The van der Waals surface area contributed by atoms with Crippen molar-refractivity contribution in [3.05, 3.63) is 29.8 Å². The van der Waals surface area contributed by atoms with Crippen molar-refractivity contribution in [2.75, 3.05) is 0 Å². The van der Waals surface area contributed by atoms with Gasteiger partial charge in [-0.2, -0.15) is 0 Å². The van der Waals surface area contributed by atoms with E-state index in [0.29, 0.717) is 6.10 Å². The van der Waals surface area contributed by atoms with E-state index in [1.54, 1.807) is 0 Å². The molecule has 0 N–H and O–H groups in total. The molecule has 0 spiro atoms. The summed E-state index contributed by atoms with van der Waals surface area (Å²) in [6, 6.07) is 8.44. The van der Waals surface area contributed by atoms with Gasteiger partial charge in [0.25, 0.3) is 0 Å². The SMILES string of the molecule is Cc1cccc(OC2C[C@H]3CC[C@@H](C2)C3)c1. The van der Waals surface area contributed by atoms with Crippen molar-refractivity contribution >= 4 is 0 Å². The van der Waals surface area contributed by atoms with Gasteiger partial charge < -0.3 is 4.74 Å². The molecular formula is C15H20O. The molecule has 0 saturated heterocycles. The van der Waals surface area contributed by atoms with Crippen LogP contribution in [0.25, 0.3) is 0 Å². The van der Waals surface area contributed by atoms with E-state index in [0.717, 1.165) is 17.6 Å². The summed E-state index contributed by atoms with van der Waals surface area (Å²) in [7, 11) is 0. The first-order valence-electron chi connectivity index (χ1n) is 6.53. The van der Waals surface area contributed by atoms with Gasteiger partial charge in [-0.15, -0.1) is 0 Å². The van der Waals surface area contributed by atoms with Gasteiger partial charge in [0.15, 0.2) is 0 Å². The Balaban J connectivity index is 1.67. The first-order chi connectivity index (χ1) is 7.79. The lowest BCUT2D eigenvalue weighted by atomic mass is 9.87. The molecule has 2 saturated carbocycles. The quantitative estimate of drug-likeness (QED) is 0.727. The van der Waals surface area contributed by atoms with Crippen molar-refractivity contribution in [3.8, 4) is 5.75 Å². The lowest BCUT2D eigenvalue weighted by molar-refractivity contribution is 0.119. The topological polar surface area (TPSA) is 9.23 Å². The summed E-state index contributed by atoms with van der Waals surface area (Å²) in [5, 5.41) is 0. The van der Waals surface area contributed by atoms with Crippen LogP contribution >= 0.6 is 0 Å². The summed E-state index contributed by atoms with van der Waals surface area (Å²) in [6.45, 7) is 2.12. The first-order valence-corrected chi connectivity index (χ1v) is 6.53. The van der Waals surface area contributed by atoms with Crippen molar-refractivity contribution in [2.45, 2.75) is 45.1 Å². The molecule has 1 aromatic carbocycles. The number of ether oxygens (including phenoxy) is 1. The number of rotatable bonds is 2. The first kappa shape index (κ1) is 10.2. The molecule has 1 nitrogen and oxygen atoms in total. The van der Waals surface area contributed by atoms with Crippen LogP contribution in [0.5, 0.6) is 5.75 Å². The van der Waals surface area contributed by atoms with E-state index in [1.807, 2.05) is 0 Å². The molecule has 3 atom stereocenters. The maximum atomic E-state index is 6.12. The van der Waals surface area contributed by atoms with E-state index in [1.165, 1.54) is 37.7 Å². The van der Waals surface area contributed by atoms with Gasteiger partial charge in [0.1, 0.15) is 5.75 Å². The van der Waals surface area contributed by atoms with Crippen LogP contribution in [0.3, 0.4) is 0 Å².